The Morgan fingerprint density at radius 2 is 1.46 bits per heavy atom. The number of aryl methyl sites for hydroxylation is 4. The molecule has 0 unspecified atom stereocenters. The molecule has 0 saturated heterocycles. The predicted molar refractivity (Wildman–Crippen MR) is 101 cm³/mol. The van der Waals surface area contributed by atoms with Crippen LogP contribution in [0.3, 0.4) is 0 Å². The van der Waals surface area contributed by atoms with E-state index >= 15 is 0 Å². The number of fused-ring (bicyclic) bond motifs is 2. The van der Waals surface area contributed by atoms with E-state index in [1.807, 2.05) is 0 Å². The SMILES string of the molecule is C=C1[C-]=c2c(C)ccc(C)c2=C1.Cc1ccc(C)c2[cH-]ccc12.[Hf]. The van der Waals surface area contributed by atoms with Crippen LogP contribution in [0.1, 0.15) is 22.3 Å². The summed E-state index contributed by atoms with van der Waals surface area (Å²) in [4.78, 5) is 0. The topological polar surface area (TPSA) is 0 Å². The molecule has 1 heteroatoms. The zero-order valence-electron chi connectivity index (χ0n) is 14.8. The van der Waals surface area contributed by atoms with Crippen LogP contribution >= 0.6 is 0 Å². The van der Waals surface area contributed by atoms with E-state index < -0.39 is 0 Å². The molecule has 0 heterocycles. The Hall–Kier alpha value is -1.60. The van der Waals surface area contributed by atoms with Crippen molar-refractivity contribution >= 4 is 22.9 Å². The molecular formula is C23H22Hf-2. The summed E-state index contributed by atoms with van der Waals surface area (Å²) in [7, 11) is 0. The van der Waals surface area contributed by atoms with Crippen LogP contribution in [-0.4, -0.2) is 0 Å². The monoisotopic (exact) mass is 478 g/mol. The quantitative estimate of drug-likeness (QED) is 0.331. The van der Waals surface area contributed by atoms with Crippen molar-refractivity contribution in [1.29, 1.82) is 0 Å². The van der Waals surface area contributed by atoms with E-state index in [-0.39, 0.29) is 25.8 Å². The Kier molecular flexibility index (Phi) is 5.87. The van der Waals surface area contributed by atoms with Crippen molar-refractivity contribution in [3.63, 3.8) is 0 Å². The summed E-state index contributed by atoms with van der Waals surface area (Å²) < 4.78 is 0. The van der Waals surface area contributed by atoms with Gasteiger partial charge in [0.2, 0.25) is 0 Å². The molecule has 1 aliphatic carbocycles. The van der Waals surface area contributed by atoms with Crippen LogP contribution in [-0.2, 0) is 25.8 Å². The molecule has 0 N–H and O–H groups in total. The summed E-state index contributed by atoms with van der Waals surface area (Å²) in [6.45, 7) is 12.4. The molecule has 0 amide bonds. The summed E-state index contributed by atoms with van der Waals surface area (Å²) in [6.07, 6.45) is 5.35. The summed E-state index contributed by atoms with van der Waals surface area (Å²) >= 11 is 0. The molecule has 0 aromatic heterocycles. The minimum Gasteiger partial charge on any atom is -0.168 e. The van der Waals surface area contributed by atoms with Gasteiger partial charge in [0.15, 0.2) is 0 Å². The summed E-state index contributed by atoms with van der Waals surface area (Å²) in [6, 6.07) is 15.1. The van der Waals surface area contributed by atoms with Gasteiger partial charge < -0.3 is 0 Å². The van der Waals surface area contributed by atoms with E-state index in [2.05, 4.69) is 88.9 Å². The third-order valence-corrected chi connectivity index (χ3v) is 4.52. The molecule has 0 bridgehead atoms. The van der Waals surface area contributed by atoms with Gasteiger partial charge in [0.05, 0.1) is 0 Å². The zero-order valence-corrected chi connectivity index (χ0v) is 18.4. The maximum atomic E-state index is 3.88. The van der Waals surface area contributed by atoms with Crippen molar-refractivity contribution in [2.24, 2.45) is 0 Å². The van der Waals surface area contributed by atoms with Gasteiger partial charge in [-0.1, -0.05) is 43.2 Å². The molecule has 3 aromatic rings. The Balaban J connectivity index is 0.000000167. The first-order valence-corrected chi connectivity index (χ1v) is 8.00. The van der Waals surface area contributed by atoms with E-state index in [1.165, 1.54) is 43.5 Å². The largest absolute Gasteiger partial charge is 0.168 e. The second-order valence-corrected chi connectivity index (χ2v) is 6.34. The molecule has 3 aromatic carbocycles. The molecule has 0 aliphatic heterocycles. The Morgan fingerprint density at radius 1 is 0.833 bits per heavy atom. The third-order valence-electron chi connectivity index (χ3n) is 4.52. The Morgan fingerprint density at radius 3 is 2.12 bits per heavy atom. The second kappa shape index (κ2) is 7.53. The number of benzene rings is 2. The first kappa shape index (κ1) is 18.7. The van der Waals surface area contributed by atoms with Gasteiger partial charge in [0.1, 0.15) is 0 Å². The van der Waals surface area contributed by atoms with Crippen molar-refractivity contribution in [3.8, 4) is 0 Å². The summed E-state index contributed by atoms with van der Waals surface area (Å²) in [5.41, 5.74) is 6.32. The van der Waals surface area contributed by atoms with Gasteiger partial charge in [0.25, 0.3) is 0 Å². The predicted octanol–water partition coefficient (Wildman–Crippen LogP) is 4.48. The molecule has 1 aliphatic rings. The maximum absolute atomic E-state index is 3.88. The van der Waals surface area contributed by atoms with Gasteiger partial charge in [-0.25, -0.2) is 0 Å². The molecule has 0 spiro atoms. The molecule has 24 heavy (non-hydrogen) atoms. The molecule has 0 saturated carbocycles. The zero-order chi connectivity index (χ0) is 16.6. The molecular weight excluding hydrogens is 455 g/mol. The summed E-state index contributed by atoms with van der Waals surface area (Å²) in [5.74, 6) is 0. The van der Waals surface area contributed by atoms with E-state index in [4.69, 9.17) is 0 Å². The van der Waals surface area contributed by atoms with Crippen molar-refractivity contribution < 1.29 is 25.8 Å². The van der Waals surface area contributed by atoms with E-state index in [0.717, 1.165) is 5.57 Å². The molecule has 0 fully saturated rings. The average Bonchev–Trinajstić information content (AvgIpc) is 3.15. The van der Waals surface area contributed by atoms with Gasteiger partial charge in [0, 0.05) is 25.8 Å². The Labute approximate surface area is 163 Å². The number of allylic oxidation sites excluding steroid dienone is 1. The van der Waals surface area contributed by atoms with Gasteiger partial charge in [-0.3, -0.25) is 0 Å². The first-order chi connectivity index (χ1) is 11.0. The number of hydrogen-bond acceptors (Lipinski definition) is 0. The van der Waals surface area contributed by atoms with Crippen molar-refractivity contribution in [2.45, 2.75) is 27.7 Å². The van der Waals surface area contributed by atoms with E-state index in [9.17, 15) is 0 Å². The second-order valence-electron chi connectivity index (χ2n) is 6.34. The van der Waals surface area contributed by atoms with Crippen molar-refractivity contribution in [3.05, 3.63) is 87.3 Å². The van der Waals surface area contributed by atoms with Crippen LogP contribution in [0.5, 0.6) is 0 Å². The molecule has 4 rings (SSSR count). The van der Waals surface area contributed by atoms with Crippen LogP contribution in [0.2, 0.25) is 0 Å². The smallest absolute Gasteiger partial charge is 0 e. The first-order valence-electron chi connectivity index (χ1n) is 8.00. The fourth-order valence-corrected chi connectivity index (χ4v) is 3.09. The summed E-state index contributed by atoms with van der Waals surface area (Å²) in [5, 5.41) is 5.30. The third kappa shape index (κ3) is 3.57. The normalized spacial score (nSPS) is 11.8. The van der Waals surface area contributed by atoms with Gasteiger partial charge in [-0.05, 0) is 13.8 Å². The Bertz CT molecular complexity index is 937. The fraction of sp³-hybridized carbons (Fsp3) is 0.174. The van der Waals surface area contributed by atoms with Crippen LogP contribution in [0.4, 0.5) is 0 Å². The van der Waals surface area contributed by atoms with Gasteiger partial charge >= 0.3 is 0 Å². The van der Waals surface area contributed by atoms with Crippen LogP contribution in [0, 0.1) is 27.7 Å². The van der Waals surface area contributed by atoms with Gasteiger partial charge in [-0.15, -0.1) is 62.2 Å². The van der Waals surface area contributed by atoms with Crippen molar-refractivity contribution in [2.75, 3.05) is 0 Å². The molecule has 0 radical (unpaired) electrons. The average molecular weight is 477 g/mol. The number of rotatable bonds is 0. The van der Waals surface area contributed by atoms with Crippen LogP contribution in [0.25, 0.3) is 22.9 Å². The minimum atomic E-state index is 0. The van der Waals surface area contributed by atoms with Crippen LogP contribution < -0.4 is 10.4 Å². The van der Waals surface area contributed by atoms with Crippen LogP contribution in [0.15, 0.2) is 54.6 Å². The molecule has 120 valence electrons. The fourth-order valence-electron chi connectivity index (χ4n) is 3.09. The molecule has 0 nitrogen and oxygen atoms in total. The maximum Gasteiger partial charge on any atom is 0 e. The standard InChI is InChI=1S/C12H11.C11H11.Hf/c1-8-6-11-9(2)4-5-10(3)12(11)7-8;1-8-6-7-9(2)11-5-3-4-10(8)11;/h4-6H,1H2,2-3H3;3-7H,1-2H3;/q2*-1;. The van der Waals surface area contributed by atoms with Gasteiger partial charge in [-0.2, -0.15) is 18.7 Å². The molecule has 0 atom stereocenters. The van der Waals surface area contributed by atoms with Crippen molar-refractivity contribution in [1.82, 2.24) is 0 Å². The van der Waals surface area contributed by atoms with E-state index in [0.29, 0.717) is 0 Å². The van der Waals surface area contributed by atoms with E-state index in [1.54, 1.807) is 0 Å². The number of hydrogen-bond donors (Lipinski definition) is 0. The minimum absolute atomic E-state index is 0.